The van der Waals surface area contributed by atoms with Gasteiger partial charge in [-0.25, -0.2) is 0 Å². The van der Waals surface area contributed by atoms with E-state index in [2.05, 4.69) is 25.7 Å². The van der Waals surface area contributed by atoms with Crippen LogP contribution in [0.3, 0.4) is 0 Å². The van der Waals surface area contributed by atoms with Gasteiger partial charge in [-0.2, -0.15) is 0 Å². The summed E-state index contributed by atoms with van der Waals surface area (Å²) in [6.45, 7) is 9.89. The van der Waals surface area contributed by atoms with Gasteiger partial charge in [0.05, 0.1) is 6.61 Å². The zero-order valence-corrected chi connectivity index (χ0v) is 7.84. The molecule has 0 saturated carbocycles. The molecule has 1 aliphatic heterocycles. The number of rotatable bonds is 3. The van der Waals surface area contributed by atoms with Crippen molar-refractivity contribution in [1.29, 1.82) is 0 Å². The van der Waals surface area contributed by atoms with Crippen LogP contribution in [0.25, 0.3) is 0 Å². The lowest BCUT2D eigenvalue weighted by atomic mass is 10.1. The van der Waals surface area contributed by atoms with Gasteiger partial charge in [0.1, 0.15) is 6.23 Å². The molecule has 2 heteroatoms. The van der Waals surface area contributed by atoms with Crippen molar-refractivity contribution in [3.8, 4) is 0 Å². The van der Waals surface area contributed by atoms with Gasteiger partial charge in [0.15, 0.2) is 0 Å². The van der Waals surface area contributed by atoms with E-state index in [0.717, 1.165) is 19.1 Å². The van der Waals surface area contributed by atoms with Crippen molar-refractivity contribution in [3.05, 3.63) is 0 Å². The van der Waals surface area contributed by atoms with Crippen LogP contribution in [0.2, 0.25) is 0 Å². The number of ether oxygens (including phenoxy) is 1. The molecule has 0 aromatic carbocycles. The van der Waals surface area contributed by atoms with Crippen LogP contribution in [0.1, 0.15) is 27.2 Å². The highest BCUT2D eigenvalue weighted by atomic mass is 16.5. The maximum absolute atomic E-state index is 5.42. The maximum atomic E-state index is 5.42. The lowest BCUT2D eigenvalue weighted by Crippen LogP contribution is -2.29. The van der Waals surface area contributed by atoms with E-state index >= 15 is 0 Å². The summed E-state index contributed by atoms with van der Waals surface area (Å²) in [6, 6.07) is 0. The van der Waals surface area contributed by atoms with Gasteiger partial charge in [0.25, 0.3) is 0 Å². The quantitative estimate of drug-likeness (QED) is 0.618. The SMILES string of the molecule is CC(C)CCN1CCOC1C. The topological polar surface area (TPSA) is 12.5 Å². The monoisotopic (exact) mass is 157 g/mol. The fraction of sp³-hybridized carbons (Fsp3) is 1.00. The van der Waals surface area contributed by atoms with Crippen LogP contribution in [0.5, 0.6) is 0 Å². The molecule has 0 aromatic rings. The first-order valence-corrected chi connectivity index (χ1v) is 4.56. The Kier molecular flexibility index (Phi) is 3.34. The Morgan fingerprint density at radius 2 is 2.27 bits per heavy atom. The van der Waals surface area contributed by atoms with Crippen LogP contribution in [-0.4, -0.2) is 30.8 Å². The molecule has 1 saturated heterocycles. The van der Waals surface area contributed by atoms with E-state index in [-0.39, 0.29) is 0 Å². The highest BCUT2D eigenvalue weighted by Gasteiger charge is 2.19. The van der Waals surface area contributed by atoms with Crippen LogP contribution in [0, 0.1) is 5.92 Å². The van der Waals surface area contributed by atoms with Crippen LogP contribution in [-0.2, 0) is 4.74 Å². The summed E-state index contributed by atoms with van der Waals surface area (Å²) in [5, 5.41) is 0. The van der Waals surface area contributed by atoms with Crippen molar-refractivity contribution >= 4 is 0 Å². The average molecular weight is 157 g/mol. The fourth-order valence-corrected chi connectivity index (χ4v) is 1.35. The second-order valence-corrected chi connectivity index (χ2v) is 3.69. The second kappa shape index (κ2) is 4.07. The summed E-state index contributed by atoms with van der Waals surface area (Å²) in [6.07, 6.45) is 1.64. The van der Waals surface area contributed by atoms with Crippen molar-refractivity contribution in [1.82, 2.24) is 4.90 Å². The molecule has 0 spiro atoms. The molecule has 0 aromatic heterocycles. The van der Waals surface area contributed by atoms with Gasteiger partial charge in [-0.3, -0.25) is 4.90 Å². The van der Waals surface area contributed by atoms with E-state index < -0.39 is 0 Å². The van der Waals surface area contributed by atoms with Crippen LogP contribution >= 0.6 is 0 Å². The van der Waals surface area contributed by atoms with Crippen LogP contribution < -0.4 is 0 Å². The lowest BCUT2D eigenvalue weighted by Gasteiger charge is -2.19. The summed E-state index contributed by atoms with van der Waals surface area (Å²) in [7, 11) is 0. The molecule has 1 aliphatic rings. The first-order valence-electron chi connectivity index (χ1n) is 4.56. The summed E-state index contributed by atoms with van der Waals surface area (Å²) >= 11 is 0. The highest BCUT2D eigenvalue weighted by Crippen LogP contribution is 2.11. The first kappa shape index (κ1) is 9.01. The molecule has 1 fully saturated rings. The minimum atomic E-state index is 0.355. The molecule has 1 atom stereocenters. The first-order chi connectivity index (χ1) is 5.20. The molecular formula is C9H19NO. The second-order valence-electron chi connectivity index (χ2n) is 3.69. The molecule has 0 N–H and O–H groups in total. The molecule has 1 rings (SSSR count). The Balaban J connectivity index is 2.15. The van der Waals surface area contributed by atoms with E-state index in [1.54, 1.807) is 0 Å². The Hall–Kier alpha value is -0.0800. The molecule has 0 bridgehead atoms. The molecule has 0 aliphatic carbocycles. The zero-order valence-electron chi connectivity index (χ0n) is 7.84. The van der Waals surface area contributed by atoms with E-state index in [9.17, 15) is 0 Å². The third-order valence-electron chi connectivity index (χ3n) is 2.25. The Morgan fingerprint density at radius 1 is 1.55 bits per heavy atom. The molecule has 11 heavy (non-hydrogen) atoms. The van der Waals surface area contributed by atoms with Crippen molar-refractivity contribution in [3.63, 3.8) is 0 Å². The van der Waals surface area contributed by atoms with Crippen molar-refractivity contribution in [2.75, 3.05) is 19.7 Å². The third kappa shape index (κ3) is 2.80. The predicted molar refractivity (Wildman–Crippen MR) is 46.4 cm³/mol. The molecule has 66 valence electrons. The molecule has 0 amide bonds. The molecule has 1 unspecified atom stereocenters. The normalized spacial score (nSPS) is 26.7. The summed E-state index contributed by atoms with van der Waals surface area (Å²) in [4.78, 5) is 2.40. The van der Waals surface area contributed by atoms with E-state index in [4.69, 9.17) is 4.74 Å². The van der Waals surface area contributed by atoms with Gasteiger partial charge >= 0.3 is 0 Å². The van der Waals surface area contributed by atoms with Gasteiger partial charge in [0, 0.05) is 13.1 Å². The van der Waals surface area contributed by atoms with Gasteiger partial charge in [-0.15, -0.1) is 0 Å². The van der Waals surface area contributed by atoms with E-state index in [1.165, 1.54) is 13.0 Å². The maximum Gasteiger partial charge on any atom is 0.107 e. The largest absolute Gasteiger partial charge is 0.362 e. The van der Waals surface area contributed by atoms with Gasteiger partial charge in [-0.05, 0) is 19.3 Å². The van der Waals surface area contributed by atoms with Crippen molar-refractivity contribution in [2.24, 2.45) is 5.92 Å². The molecule has 1 heterocycles. The Bertz CT molecular complexity index is 114. The molecule has 0 radical (unpaired) electrons. The van der Waals surface area contributed by atoms with E-state index in [1.807, 2.05) is 0 Å². The Labute approximate surface area is 69.5 Å². The van der Waals surface area contributed by atoms with Gasteiger partial charge < -0.3 is 4.74 Å². The molecule has 2 nitrogen and oxygen atoms in total. The number of hydrogen-bond donors (Lipinski definition) is 0. The minimum absolute atomic E-state index is 0.355. The van der Waals surface area contributed by atoms with Gasteiger partial charge in [0.2, 0.25) is 0 Å². The molecular weight excluding hydrogens is 138 g/mol. The summed E-state index contributed by atoms with van der Waals surface area (Å²) in [5.41, 5.74) is 0. The predicted octanol–water partition coefficient (Wildman–Crippen LogP) is 1.71. The highest BCUT2D eigenvalue weighted by molar-refractivity contribution is 4.66. The zero-order chi connectivity index (χ0) is 8.27. The fourth-order valence-electron chi connectivity index (χ4n) is 1.35. The van der Waals surface area contributed by atoms with Gasteiger partial charge in [-0.1, -0.05) is 13.8 Å². The Morgan fingerprint density at radius 3 is 2.73 bits per heavy atom. The number of nitrogens with zero attached hydrogens (tertiary/aromatic N) is 1. The third-order valence-corrected chi connectivity index (χ3v) is 2.25. The lowest BCUT2D eigenvalue weighted by molar-refractivity contribution is 0.0477. The van der Waals surface area contributed by atoms with E-state index in [0.29, 0.717) is 6.23 Å². The van der Waals surface area contributed by atoms with Crippen molar-refractivity contribution in [2.45, 2.75) is 33.4 Å². The smallest absolute Gasteiger partial charge is 0.107 e. The van der Waals surface area contributed by atoms with Crippen molar-refractivity contribution < 1.29 is 4.74 Å². The average Bonchev–Trinajstić information content (AvgIpc) is 2.31. The summed E-state index contributed by atoms with van der Waals surface area (Å²) in [5.74, 6) is 0.808. The number of hydrogen-bond acceptors (Lipinski definition) is 2. The van der Waals surface area contributed by atoms with Crippen LogP contribution in [0.15, 0.2) is 0 Å². The minimum Gasteiger partial charge on any atom is -0.362 e. The summed E-state index contributed by atoms with van der Waals surface area (Å²) < 4.78 is 5.42. The standard InChI is InChI=1S/C9H19NO/c1-8(2)4-5-10-6-7-11-9(10)3/h8-9H,4-7H2,1-3H3. The van der Waals surface area contributed by atoms with Crippen LogP contribution in [0.4, 0.5) is 0 Å².